The first-order chi connectivity index (χ1) is 62.4. The number of nitriles is 3. The van der Waals surface area contributed by atoms with Crippen LogP contribution in [-0.2, 0) is 14.2 Å². The zero-order chi connectivity index (χ0) is 93.6. The molecule has 642 valence electrons. The topological polar surface area (TPSA) is 315 Å². The van der Waals surface area contributed by atoms with Gasteiger partial charge in [-0.15, -0.1) is 0 Å². The van der Waals surface area contributed by atoms with Crippen LogP contribution in [0.15, 0.2) is 315 Å². The molecule has 0 atom stereocenters. The molecule has 3 aliphatic rings. The van der Waals surface area contributed by atoms with Crippen molar-refractivity contribution in [3.63, 3.8) is 0 Å². The quantitative estimate of drug-likeness (QED) is 0.0328. The van der Waals surface area contributed by atoms with E-state index in [4.69, 9.17) is 55.3 Å². The number of primary amides is 1. The Morgan fingerprint density at radius 2 is 0.769 bits per heavy atom. The van der Waals surface area contributed by atoms with Gasteiger partial charge in [0.15, 0.2) is 40.2 Å². The second-order valence-corrected chi connectivity index (χ2v) is 39.9. The molecule has 23 nitrogen and oxygen atoms in total. The van der Waals surface area contributed by atoms with Gasteiger partial charge in [-0.05, 0) is 295 Å². The van der Waals surface area contributed by atoms with E-state index in [1.54, 1.807) is 42.5 Å². The summed E-state index contributed by atoms with van der Waals surface area (Å²) >= 11 is 39.1. The van der Waals surface area contributed by atoms with Gasteiger partial charge in [-0.25, -0.2) is 19.3 Å². The number of anilines is 10. The second kappa shape index (κ2) is 45.7. The zero-order valence-corrected chi connectivity index (χ0v) is 81.9. The second-order valence-electron chi connectivity index (χ2n) is 26.4. The fraction of sp³-hybridized carbons (Fsp3) is 0. The van der Waals surface area contributed by atoms with Gasteiger partial charge in [0.2, 0.25) is 23.7 Å². The lowest BCUT2D eigenvalue weighted by Gasteiger charge is -2.32. The maximum Gasteiger partial charge on any atom is 0.488 e. The maximum absolute atomic E-state index is 10.9. The monoisotopic (exact) mass is 2310 g/mol. The van der Waals surface area contributed by atoms with Gasteiger partial charge in [-0.1, -0.05) is 173 Å². The molecular formula is C94H54BBr8Cl3N11O12P. The van der Waals surface area contributed by atoms with Crippen LogP contribution < -0.4 is 50.2 Å². The number of para-hydroxylation sites is 12. The molecule has 0 unspecified atom stereocenters. The molecule has 3 aliphatic heterocycles. The number of hydrogen-bond donors (Lipinski definition) is 5. The van der Waals surface area contributed by atoms with Crippen LogP contribution in [0.25, 0.3) is 36.8 Å². The van der Waals surface area contributed by atoms with Crippen LogP contribution in [0, 0.1) is 53.7 Å². The van der Waals surface area contributed by atoms with Crippen molar-refractivity contribution in [2.75, 3.05) is 20.0 Å². The highest BCUT2D eigenvalue weighted by molar-refractivity contribution is 9.12. The molecule has 17 rings (SSSR count). The molecule has 0 aliphatic carbocycles. The van der Waals surface area contributed by atoms with Crippen LogP contribution in [0.2, 0.25) is 0 Å². The summed E-state index contributed by atoms with van der Waals surface area (Å²) in [7, 11) is -1.46. The number of amides is 2. The minimum atomic E-state index is -3.22. The number of ether oxygens (including phenoxy) is 4. The van der Waals surface area contributed by atoms with Crippen LogP contribution in [0.4, 0.5) is 73.9 Å². The third-order valence-corrected chi connectivity index (χ3v) is 23.7. The highest BCUT2D eigenvalue weighted by atomic mass is 79.9. The molecule has 130 heavy (non-hydrogen) atoms. The summed E-state index contributed by atoms with van der Waals surface area (Å²) in [4.78, 5) is 58.8. The molecule has 0 saturated heterocycles. The number of rotatable bonds is 12. The smallest absolute Gasteiger partial charge is 0.478 e. The van der Waals surface area contributed by atoms with Crippen molar-refractivity contribution in [2.45, 2.75) is 0 Å². The average molecular weight is 2320 g/mol. The molecule has 14 aromatic rings. The van der Waals surface area contributed by atoms with E-state index in [-0.39, 0.29) is 17.8 Å². The molecule has 14 aromatic carbocycles. The van der Waals surface area contributed by atoms with Gasteiger partial charge in [0.05, 0.1) is 97.9 Å². The number of nitrogens with zero attached hydrogens (tertiary/aromatic N) is 9. The van der Waals surface area contributed by atoms with Crippen molar-refractivity contribution in [3.8, 4) is 80.7 Å². The lowest BCUT2D eigenvalue weighted by Crippen LogP contribution is -2.29. The Morgan fingerprint density at radius 3 is 1.09 bits per heavy atom. The highest BCUT2D eigenvalue weighted by Gasteiger charge is 2.30. The Bertz CT molecular complexity index is 6480. The number of nitrogens with one attached hydrogen (secondary N) is 1. The minimum Gasteiger partial charge on any atom is -0.478 e. The van der Waals surface area contributed by atoms with Crippen molar-refractivity contribution >= 4 is 278 Å². The van der Waals surface area contributed by atoms with E-state index in [1.165, 1.54) is 18.2 Å². The number of carboxylic acid groups (broad SMARTS) is 1. The van der Waals surface area contributed by atoms with Crippen molar-refractivity contribution in [1.29, 1.82) is 15.8 Å². The number of nitrogens with two attached hydrogens (primary N) is 1. The third kappa shape index (κ3) is 24.4. The molecule has 6 N–H and O–H groups in total. The molecule has 0 aromatic heterocycles. The standard InChI is InChI=1S/C44H26N4O2.C18H14BNO3.C8H6Br2N2O2.2C8H2Br2N2.C8H4Br2O4.Cl3OP/c1-46-36-27-34(29-18-22-32(23-19-29)47-37-10-2-6-14-41(37)49-42-15-7-3-11-38(42)47)31(28-45)26-35(36)30-20-24-33(25-21-30)48-39-12-4-8-16-43(39)50-44-17-9-5-13-40(44)48;21-19(22)13-9-11-14(12-10-13)20-15-5-1-3-7-17(15)23-18-8-4-2-6-16(18)20;9-5-2-7(12-3-13)6(10)1-4(5)8(11)14;2*1-12-8-3-6(9)5(4-11)2-7(8)10;9-5-2-7(14-3-11)6(10)1-4(5)8(12)13;1-5(2,3)4/h2-27H;1-12,21-22H;1-3H,(H2,11,14)(H,12,13);2*2-3H;1-3H,(H,12,13);. The SMILES string of the molecule is NC(=O)c1cc(Br)c(NC=O)cc1Br.O=COc1cc(Br)c(C(=O)O)cc1Br.O=P(Cl)(Cl)Cl.OB(O)c1ccc(N2c3ccccc3Oc3ccccc32)cc1.[C-]#[N+]c1cc(-c2ccc(N3c4ccccc4Oc4ccccc43)cc2)c(C#N)cc1-c1ccc(N2c3ccccc3Oc3ccccc32)cc1.[C-]#[N+]c1cc(Br)c(C#N)cc1Br.[C-]#[N+]c1cc(Br)c(C#N)cc1Br. The molecule has 0 fully saturated rings. The van der Waals surface area contributed by atoms with E-state index in [0.717, 1.165) is 102 Å². The van der Waals surface area contributed by atoms with E-state index in [2.05, 4.69) is 207 Å². The molecule has 0 bridgehead atoms. The fourth-order valence-electron chi connectivity index (χ4n) is 12.7. The van der Waals surface area contributed by atoms with Crippen molar-refractivity contribution in [2.24, 2.45) is 5.73 Å². The molecule has 2 amide bonds. The summed E-state index contributed by atoms with van der Waals surface area (Å²) < 4.78 is 36.9. The first-order valence-corrected chi connectivity index (χ1v) is 47.8. The van der Waals surface area contributed by atoms with Crippen molar-refractivity contribution in [3.05, 3.63) is 377 Å². The highest BCUT2D eigenvalue weighted by Crippen LogP contribution is 2.61. The van der Waals surface area contributed by atoms with Crippen molar-refractivity contribution < 1.29 is 57.8 Å². The van der Waals surface area contributed by atoms with E-state index in [0.29, 0.717) is 98.2 Å². The van der Waals surface area contributed by atoms with Crippen LogP contribution in [0.5, 0.6) is 40.2 Å². The van der Waals surface area contributed by atoms with Gasteiger partial charge in [-0.3, -0.25) is 18.9 Å². The van der Waals surface area contributed by atoms with E-state index >= 15 is 0 Å². The van der Waals surface area contributed by atoms with Gasteiger partial charge < -0.3 is 59.9 Å². The van der Waals surface area contributed by atoms with Gasteiger partial charge in [-0.2, -0.15) is 15.8 Å². The summed E-state index contributed by atoms with van der Waals surface area (Å²) in [5.41, 5.74) is 21.3. The van der Waals surface area contributed by atoms with E-state index < -0.39 is 24.2 Å². The number of benzene rings is 14. The average Bonchev–Trinajstić information content (AvgIpc) is 0.763. The van der Waals surface area contributed by atoms with Crippen molar-refractivity contribution in [1.82, 2.24) is 0 Å². The first kappa shape index (κ1) is 98.2. The largest absolute Gasteiger partial charge is 0.488 e. The summed E-state index contributed by atoms with van der Waals surface area (Å²) in [5, 5.41) is 54.1. The number of fused-ring (bicyclic) bond motifs is 6. The normalized spacial score (nSPS) is 11.0. The van der Waals surface area contributed by atoms with E-state index in [1.807, 2.05) is 231 Å². The van der Waals surface area contributed by atoms with Gasteiger partial charge >= 0.3 is 18.3 Å². The predicted octanol–water partition coefficient (Wildman–Crippen LogP) is 29.9. The summed E-state index contributed by atoms with van der Waals surface area (Å²) in [6.45, 7) is 22.0. The number of aromatic carboxylic acids is 1. The number of halogens is 11. The third-order valence-electron chi connectivity index (χ3n) is 18.5. The molecule has 3 heterocycles. The number of hydrogen-bond acceptors (Lipinski definition) is 17. The van der Waals surface area contributed by atoms with Gasteiger partial charge in [0.1, 0.15) is 17.9 Å². The number of carboxylic acids is 1. The molecule has 0 radical (unpaired) electrons. The Labute approximate surface area is 826 Å². The summed E-state index contributed by atoms with van der Waals surface area (Å²) in [6, 6.07) is 93.4. The predicted molar refractivity (Wildman–Crippen MR) is 535 cm³/mol. The number of carbonyl (C=O) groups excluding carboxylic acids is 3. The molecular weight excluding hydrogens is 2260 g/mol. The van der Waals surface area contributed by atoms with Crippen LogP contribution in [0.1, 0.15) is 37.4 Å². The minimum absolute atomic E-state index is 0.0927. The summed E-state index contributed by atoms with van der Waals surface area (Å²) in [5.74, 6) is 3.39. The Kier molecular flexibility index (Phi) is 34.6. The Morgan fingerprint density at radius 1 is 0.431 bits per heavy atom. The molecule has 0 spiro atoms. The first-order valence-electron chi connectivity index (χ1n) is 37.1. The van der Waals surface area contributed by atoms with Crippen LogP contribution in [0.3, 0.4) is 0 Å². The summed E-state index contributed by atoms with van der Waals surface area (Å²) in [6.07, 6.45) is 0.552. The van der Waals surface area contributed by atoms with Gasteiger partial charge in [0.25, 0.3) is 6.47 Å². The Hall–Kier alpha value is -12.4. The number of carbonyl (C=O) groups is 4. The molecule has 0 saturated carbocycles. The van der Waals surface area contributed by atoms with Crippen LogP contribution >= 0.6 is 166 Å². The van der Waals surface area contributed by atoms with Crippen LogP contribution in [-0.4, -0.2) is 47.0 Å². The maximum atomic E-state index is 10.9. The molecule has 36 heteroatoms. The lowest BCUT2D eigenvalue weighted by atomic mass is 9.80. The fourth-order valence-corrected chi connectivity index (χ4v) is 16.4. The van der Waals surface area contributed by atoms with E-state index in [9.17, 15) is 39.1 Å². The zero-order valence-electron chi connectivity index (χ0n) is 66.0. The lowest BCUT2D eigenvalue weighted by molar-refractivity contribution is -0.120. The van der Waals surface area contributed by atoms with Gasteiger partial charge in [0, 0.05) is 48.4 Å². The Balaban J connectivity index is 0.000000169.